The van der Waals surface area contributed by atoms with Crippen molar-refractivity contribution in [3.63, 3.8) is 0 Å². The lowest BCUT2D eigenvalue weighted by Gasteiger charge is -2.51. The first kappa shape index (κ1) is 9.64. The maximum absolute atomic E-state index is 11.8. The Morgan fingerprint density at radius 1 is 1.33 bits per heavy atom. The summed E-state index contributed by atoms with van der Waals surface area (Å²) in [6.07, 6.45) is 4.99. The Bertz CT molecular complexity index is 314. The molecule has 0 spiro atoms. The quantitative estimate of drug-likeness (QED) is 0.620. The summed E-state index contributed by atoms with van der Waals surface area (Å²) in [4.78, 5) is 11.8. The van der Waals surface area contributed by atoms with Crippen LogP contribution in [0.5, 0.6) is 0 Å². The van der Waals surface area contributed by atoms with E-state index in [9.17, 15) is 4.79 Å². The van der Waals surface area contributed by atoms with Crippen LogP contribution >= 0.6 is 0 Å². The second-order valence-electron chi connectivity index (χ2n) is 5.95. The molecule has 0 aromatic rings. The van der Waals surface area contributed by atoms with E-state index < -0.39 is 0 Å². The summed E-state index contributed by atoms with van der Waals surface area (Å²) in [5, 5.41) is 0. The summed E-state index contributed by atoms with van der Waals surface area (Å²) in [7, 11) is 1.78. The van der Waals surface area contributed by atoms with Gasteiger partial charge in [0, 0.05) is 13.5 Å². The van der Waals surface area contributed by atoms with Crippen molar-refractivity contribution in [3.8, 4) is 0 Å². The van der Waals surface area contributed by atoms with Gasteiger partial charge in [-0.05, 0) is 31.1 Å². The summed E-state index contributed by atoms with van der Waals surface area (Å²) < 4.78 is 11.2. The van der Waals surface area contributed by atoms with Crippen LogP contribution in [0.4, 0.5) is 0 Å². The molecular weight excluding hydrogens is 192 g/mol. The van der Waals surface area contributed by atoms with Gasteiger partial charge in [0.25, 0.3) is 0 Å². The third-order valence-electron chi connectivity index (χ3n) is 4.48. The number of hydrogen-bond donors (Lipinski definition) is 0. The zero-order chi connectivity index (χ0) is 10.7. The number of esters is 1. The van der Waals surface area contributed by atoms with Gasteiger partial charge >= 0.3 is 5.97 Å². The summed E-state index contributed by atoms with van der Waals surface area (Å²) in [6.45, 7) is 2.28. The fourth-order valence-electron chi connectivity index (χ4n) is 4.14. The maximum atomic E-state index is 11.8. The number of carbonyl (C=O) groups is 1. The second-order valence-corrected chi connectivity index (χ2v) is 5.95. The number of ether oxygens (including phenoxy) is 2. The molecule has 4 bridgehead atoms. The van der Waals surface area contributed by atoms with Crippen LogP contribution < -0.4 is 0 Å². The van der Waals surface area contributed by atoms with Crippen molar-refractivity contribution in [1.29, 1.82) is 0 Å². The Kier molecular flexibility index (Phi) is 1.77. The molecule has 3 heteroatoms. The zero-order valence-electron chi connectivity index (χ0n) is 9.41. The fraction of sp³-hybridized carbons (Fsp3) is 0.917. The van der Waals surface area contributed by atoms with Gasteiger partial charge in [-0.15, -0.1) is 0 Å². The van der Waals surface area contributed by atoms with Crippen LogP contribution in [0.2, 0.25) is 0 Å². The molecule has 0 aromatic heterocycles. The van der Waals surface area contributed by atoms with E-state index in [-0.39, 0.29) is 29.0 Å². The molecule has 4 aliphatic rings. The minimum Gasteiger partial charge on any atom is -0.462 e. The SMILES string of the molecule is COC12CC3CC(C)(CC(C1)C(=O)O3)C2. The van der Waals surface area contributed by atoms with Gasteiger partial charge < -0.3 is 9.47 Å². The first-order valence-electron chi connectivity index (χ1n) is 5.80. The average molecular weight is 210 g/mol. The van der Waals surface area contributed by atoms with E-state index in [1.165, 1.54) is 0 Å². The Labute approximate surface area is 90.1 Å². The lowest BCUT2D eigenvalue weighted by Crippen LogP contribution is -2.50. The molecule has 2 aliphatic heterocycles. The number of carbonyl (C=O) groups excluding carboxylic acids is 1. The molecule has 2 saturated heterocycles. The fourth-order valence-corrected chi connectivity index (χ4v) is 4.14. The van der Waals surface area contributed by atoms with Crippen LogP contribution in [0.25, 0.3) is 0 Å². The van der Waals surface area contributed by atoms with Gasteiger partial charge in [0.15, 0.2) is 0 Å². The number of methoxy groups -OCH3 is 1. The highest BCUT2D eigenvalue weighted by Crippen LogP contribution is 2.57. The van der Waals surface area contributed by atoms with Crippen molar-refractivity contribution in [2.75, 3.05) is 7.11 Å². The molecule has 4 rings (SSSR count). The van der Waals surface area contributed by atoms with Crippen LogP contribution in [0, 0.1) is 11.3 Å². The zero-order valence-corrected chi connectivity index (χ0v) is 9.41. The lowest BCUT2D eigenvalue weighted by molar-refractivity contribution is -0.151. The van der Waals surface area contributed by atoms with E-state index >= 15 is 0 Å². The Hall–Kier alpha value is -0.570. The van der Waals surface area contributed by atoms with Gasteiger partial charge in [-0.2, -0.15) is 0 Å². The van der Waals surface area contributed by atoms with Crippen molar-refractivity contribution in [3.05, 3.63) is 0 Å². The molecule has 2 saturated carbocycles. The van der Waals surface area contributed by atoms with E-state index in [0.29, 0.717) is 0 Å². The van der Waals surface area contributed by atoms with Crippen molar-refractivity contribution in [1.82, 2.24) is 0 Å². The third kappa shape index (κ3) is 1.32. The van der Waals surface area contributed by atoms with Gasteiger partial charge in [-0.1, -0.05) is 6.92 Å². The van der Waals surface area contributed by atoms with E-state index in [4.69, 9.17) is 9.47 Å². The van der Waals surface area contributed by atoms with Crippen LogP contribution in [-0.4, -0.2) is 24.8 Å². The van der Waals surface area contributed by atoms with Crippen molar-refractivity contribution < 1.29 is 14.3 Å². The van der Waals surface area contributed by atoms with E-state index in [1.807, 2.05) is 0 Å². The maximum Gasteiger partial charge on any atom is 0.309 e. The molecule has 0 N–H and O–H groups in total. The van der Waals surface area contributed by atoms with Crippen LogP contribution in [0.3, 0.4) is 0 Å². The molecule has 4 atom stereocenters. The molecule has 4 unspecified atom stereocenters. The third-order valence-corrected chi connectivity index (χ3v) is 4.48. The monoisotopic (exact) mass is 210 g/mol. The molecule has 0 amide bonds. The smallest absolute Gasteiger partial charge is 0.309 e. The second kappa shape index (κ2) is 2.76. The topological polar surface area (TPSA) is 35.5 Å². The first-order valence-corrected chi connectivity index (χ1v) is 5.80. The Morgan fingerprint density at radius 2 is 2.13 bits per heavy atom. The van der Waals surface area contributed by atoms with Crippen molar-refractivity contribution >= 4 is 5.97 Å². The van der Waals surface area contributed by atoms with Gasteiger partial charge in [-0.25, -0.2) is 0 Å². The molecule has 3 nitrogen and oxygen atoms in total. The highest BCUT2D eigenvalue weighted by Gasteiger charge is 2.57. The Balaban J connectivity index is 2.03. The molecular formula is C12H18O3. The summed E-state index contributed by atoms with van der Waals surface area (Å²) in [6, 6.07) is 0. The summed E-state index contributed by atoms with van der Waals surface area (Å²) >= 11 is 0. The summed E-state index contributed by atoms with van der Waals surface area (Å²) in [5.41, 5.74) is 0.181. The van der Waals surface area contributed by atoms with Crippen LogP contribution in [-0.2, 0) is 14.3 Å². The van der Waals surface area contributed by atoms with Crippen LogP contribution in [0.15, 0.2) is 0 Å². The van der Waals surface area contributed by atoms with Crippen molar-refractivity contribution in [2.45, 2.75) is 50.7 Å². The van der Waals surface area contributed by atoms with Gasteiger partial charge in [0.1, 0.15) is 6.10 Å². The predicted molar refractivity (Wildman–Crippen MR) is 54.3 cm³/mol. The standard InChI is InChI=1S/C12H18O3/c1-11-3-8-4-12(7-11,14-2)6-9(5-11)15-10(8)13/h8-9H,3-7H2,1-2H3. The lowest BCUT2D eigenvalue weighted by atomic mass is 9.58. The van der Waals surface area contributed by atoms with Gasteiger partial charge in [-0.3, -0.25) is 4.79 Å². The summed E-state index contributed by atoms with van der Waals surface area (Å²) in [5.74, 6) is 0.0959. The Morgan fingerprint density at radius 3 is 2.87 bits per heavy atom. The number of hydrogen-bond acceptors (Lipinski definition) is 3. The minimum atomic E-state index is -0.0766. The number of rotatable bonds is 1. The molecule has 15 heavy (non-hydrogen) atoms. The highest BCUT2D eigenvalue weighted by atomic mass is 16.6. The number of fused-ring (bicyclic) bond motifs is 1. The molecule has 84 valence electrons. The largest absolute Gasteiger partial charge is 0.462 e. The minimum absolute atomic E-state index is 0.0161. The van der Waals surface area contributed by atoms with Crippen molar-refractivity contribution in [2.24, 2.45) is 11.3 Å². The first-order chi connectivity index (χ1) is 7.04. The predicted octanol–water partition coefficient (Wildman–Crippen LogP) is 1.90. The van der Waals surface area contributed by atoms with E-state index in [0.717, 1.165) is 32.1 Å². The van der Waals surface area contributed by atoms with E-state index in [1.54, 1.807) is 7.11 Å². The van der Waals surface area contributed by atoms with E-state index in [2.05, 4.69) is 6.92 Å². The van der Waals surface area contributed by atoms with Gasteiger partial charge in [0.05, 0.1) is 11.5 Å². The normalized spacial score (nSPS) is 52.8. The molecule has 0 radical (unpaired) electrons. The molecule has 4 fully saturated rings. The van der Waals surface area contributed by atoms with Crippen LogP contribution in [0.1, 0.15) is 39.0 Å². The molecule has 2 heterocycles. The average Bonchev–Trinajstić information content (AvgIpc) is 2.27. The molecule has 2 aliphatic carbocycles. The molecule has 0 aromatic carbocycles. The van der Waals surface area contributed by atoms with Gasteiger partial charge in [0.2, 0.25) is 0 Å². The highest BCUT2D eigenvalue weighted by molar-refractivity contribution is 5.74.